The van der Waals surface area contributed by atoms with E-state index in [-0.39, 0.29) is 11.9 Å². The second-order valence-electron chi connectivity index (χ2n) is 3.73. The third-order valence-corrected chi connectivity index (χ3v) is 2.28. The van der Waals surface area contributed by atoms with E-state index in [2.05, 4.69) is 6.92 Å². The number of primary amides is 1. The van der Waals surface area contributed by atoms with Crippen LogP contribution in [0.1, 0.15) is 39.0 Å². The average molecular weight is 186 g/mol. The zero-order chi connectivity index (χ0) is 10.3. The van der Waals surface area contributed by atoms with Crippen molar-refractivity contribution in [1.82, 2.24) is 4.90 Å². The van der Waals surface area contributed by atoms with Crippen molar-refractivity contribution in [1.29, 1.82) is 0 Å². The molecule has 0 heterocycles. The average Bonchev–Trinajstić information content (AvgIpc) is 2.02. The van der Waals surface area contributed by atoms with E-state index < -0.39 is 0 Å². The largest absolute Gasteiger partial charge is 0.368 e. The molecule has 1 unspecified atom stereocenters. The van der Waals surface area contributed by atoms with E-state index in [4.69, 9.17) is 5.73 Å². The summed E-state index contributed by atoms with van der Waals surface area (Å²) in [7, 11) is 3.80. The van der Waals surface area contributed by atoms with Crippen molar-refractivity contribution in [2.45, 2.75) is 45.1 Å². The number of nitrogens with two attached hydrogens (primary N) is 1. The number of hydrogen-bond donors (Lipinski definition) is 1. The fraction of sp³-hybridized carbons (Fsp3) is 0.900. The van der Waals surface area contributed by atoms with Crippen molar-refractivity contribution in [3.05, 3.63) is 0 Å². The van der Waals surface area contributed by atoms with Crippen LogP contribution in [0.2, 0.25) is 0 Å². The highest BCUT2D eigenvalue weighted by Crippen LogP contribution is 2.08. The Kier molecular flexibility index (Phi) is 6.59. The molecule has 78 valence electrons. The first-order chi connectivity index (χ1) is 6.09. The van der Waals surface area contributed by atoms with Gasteiger partial charge in [-0.2, -0.15) is 0 Å². The minimum atomic E-state index is -0.207. The predicted molar refractivity (Wildman–Crippen MR) is 55.4 cm³/mol. The van der Waals surface area contributed by atoms with Gasteiger partial charge in [0.05, 0.1) is 6.04 Å². The van der Waals surface area contributed by atoms with E-state index in [0.29, 0.717) is 0 Å². The number of carbonyl (C=O) groups excluding carboxylic acids is 1. The van der Waals surface area contributed by atoms with Gasteiger partial charge in [0.2, 0.25) is 5.91 Å². The molecule has 0 aromatic rings. The van der Waals surface area contributed by atoms with Crippen LogP contribution in [0.15, 0.2) is 0 Å². The molecule has 0 aliphatic rings. The lowest BCUT2D eigenvalue weighted by molar-refractivity contribution is -0.122. The molecule has 13 heavy (non-hydrogen) atoms. The van der Waals surface area contributed by atoms with Crippen molar-refractivity contribution in [2.24, 2.45) is 5.73 Å². The molecule has 0 aromatic carbocycles. The highest BCUT2D eigenvalue weighted by molar-refractivity contribution is 5.79. The zero-order valence-electron chi connectivity index (χ0n) is 9.05. The molecule has 0 rings (SSSR count). The van der Waals surface area contributed by atoms with E-state index in [9.17, 15) is 4.79 Å². The van der Waals surface area contributed by atoms with E-state index >= 15 is 0 Å². The number of rotatable bonds is 7. The fourth-order valence-electron chi connectivity index (χ4n) is 1.42. The second kappa shape index (κ2) is 6.89. The molecule has 1 atom stereocenters. The normalized spacial score (nSPS) is 13.2. The van der Waals surface area contributed by atoms with Crippen molar-refractivity contribution in [3.63, 3.8) is 0 Å². The van der Waals surface area contributed by atoms with Crippen molar-refractivity contribution in [3.8, 4) is 0 Å². The van der Waals surface area contributed by atoms with Crippen molar-refractivity contribution < 1.29 is 4.79 Å². The first-order valence-corrected chi connectivity index (χ1v) is 5.05. The quantitative estimate of drug-likeness (QED) is 0.610. The van der Waals surface area contributed by atoms with Crippen LogP contribution in [0, 0.1) is 0 Å². The summed E-state index contributed by atoms with van der Waals surface area (Å²) >= 11 is 0. The Morgan fingerprint density at radius 1 is 1.31 bits per heavy atom. The summed E-state index contributed by atoms with van der Waals surface area (Å²) in [5, 5.41) is 0. The maximum atomic E-state index is 11.0. The predicted octanol–water partition coefficient (Wildman–Crippen LogP) is 1.37. The third-order valence-electron chi connectivity index (χ3n) is 2.28. The fourth-order valence-corrected chi connectivity index (χ4v) is 1.42. The first kappa shape index (κ1) is 12.4. The van der Waals surface area contributed by atoms with Crippen LogP contribution < -0.4 is 5.73 Å². The number of amides is 1. The van der Waals surface area contributed by atoms with E-state index in [1.54, 1.807) is 0 Å². The van der Waals surface area contributed by atoms with Gasteiger partial charge in [0.15, 0.2) is 0 Å². The molecular formula is C10H22N2O. The zero-order valence-corrected chi connectivity index (χ0v) is 9.05. The molecule has 0 spiro atoms. The lowest BCUT2D eigenvalue weighted by Crippen LogP contribution is -2.40. The van der Waals surface area contributed by atoms with Crippen LogP contribution in [0.3, 0.4) is 0 Å². The number of carbonyl (C=O) groups is 1. The van der Waals surface area contributed by atoms with Gasteiger partial charge >= 0.3 is 0 Å². The first-order valence-electron chi connectivity index (χ1n) is 5.05. The summed E-state index contributed by atoms with van der Waals surface area (Å²) in [6.45, 7) is 2.18. The minimum Gasteiger partial charge on any atom is -0.368 e. The molecule has 0 aliphatic carbocycles. The van der Waals surface area contributed by atoms with Gasteiger partial charge in [0.25, 0.3) is 0 Å². The number of nitrogens with zero attached hydrogens (tertiary/aromatic N) is 1. The molecule has 0 fully saturated rings. The number of hydrogen-bond acceptors (Lipinski definition) is 2. The van der Waals surface area contributed by atoms with Crippen LogP contribution in [-0.4, -0.2) is 30.9 Å². The molecule has 0 saturated carbocycles. The molecular weight excluding hydrogens is 164 g/mol. The smallest absolute Gasteiger partial charge is 0.234 e. The van der Waals surface area contributed by atoms with Crippen molar-refractivity contribution in [2.75, 3.05) is 14.1 Å². The van der Waals surface area contributed by atoms with E-state index in [1.165, 1.54) is 19.3 Å². The van der Waals surface area contributed by atoms with Crippen LogP contribution in [0.25, 0.3) is 0 Å². The Bertz CT molecular complexity index is 146. The maximum absolute atomic E-state index is 11.0. The molecule has 0 saturated heterocycles. The summed E-state index contributed by atoms with van der Waals surface area (Å²) in [5.74, 6) is -0.207. The van der Waals surface area contributed by atoms with Gasteiger partial charge < -0.3 is 5.73 Å². The van der Waals surface area contributed by atoms with Gasteiger partial charge in [0.1, 0.15) is 0 Å². The molecule has 3 nitrogen and oxygen atoms in total. The van der Waals surface area contributed by atoms with Gasteiger partial charge in [-0.1, -0.05) is 32.6 Å². The highest BCUT2D eigenvalue weighted by Gasteiger charge is 2.16. The van der Waals surface area contributed by atoms with Crippen molar-refractivity contribution >= 4 is 5.91 Å². The Labute approximate surface area is 81.3 Å². The molecule has 0 bridgehead atoms. The van der Waals surface area contributed by atoms with E-state index in [0.717, 1.165) is 12.8 Å². The minimum absolute atomic E-state index is 0.0862. The molecule has 3 heteroatoms. The second-order valence-corrected chi connectivity index (χ2v) is 3.73. The van der Waals surface area contributed by atoms with Crippen LogP contribution in [-0.2, 0) is 4.79 Å². The highest BCUT2D eigenvalue weighted by atomic mass is 16.1. The van der Waals surface area contributed by atoms with Crippen LogP contribution >= 0.6 is 0 Å². The van der Waals surface area contributed by atoms with Crippen LogP contribution in [0.5, 0.6) is 0 Å². The van der Waals surface area contributed by atoms with Gasteiger partial charge in [-0.3, -0.25) is 9.69 Å². The Morgan fingerprint density at radius 2 is 1.92 bits per heavy atom. The molecule has 0 aromatic heterocycles. The molecule has 0 aliphatic heterocycles. The molecule has 0 radical (unpaired) electrons. The Morgan fingerprint density at radius 3 is 2.31 bits per heavy atom. The number of unbranched alkanes of at least 4 members (excludes halogenated alkanes) is 3. The Hall–Kier alpha value is -0.570. The van der Waals surface area contributed by atoms with Gasteiger partial charge in [-0.15, -0.1) is 0 Å². The van der Waals surface area contributed by atoms with Gasteiger partial charge in [-0.25, -0.2) is 0 Å². The molecule has 1 amide bonds. The lowest BCUT2D eigenvalue weighted by atomic mass is 10.1. The van der Waals surface area contributed by atoms with Crippen LogP contribution in [0.4, 0.5) is 0 Å². The summed E-state index contributed by atoms with van der Waals surface area (Å²) in [5.41, 5.74) is 5.27. The maximum Gasteiger partial charge on any atom is 0.234 e. The molecule has 2 N–H and O–H groups in total. The van der Waals surface area contributed by atoms with E-state index in [1.807, 2.05) is 19.0 Å². The third kappa shape index (κ3) is 5.64. The number of likely N-dealkylation sites (N-methyl/N-ethyl adjacent to an activating group) is 1. The monoisotopic (exact) mass is 186 g/mol. The van der Waals surface area contributed by atoms with Gasteiger partial charge in [-0.05, 0) is 20.5 Å². The topological polar surface area (TPSA) is 46.3 Å². The standard InChI is InChI=1S/C10H22N2O/c1-4-5-6-7-8-9(10(11)13)12(2)3/h9H,4-8H2,1-3H3,(H2,11,13). The summed E-state index contributed by atoms with van der Waals surface area (Å²) in [6, 6.07) is -0.0862. The summed E-state index contributed by atoms with van der Waals surface area (Å²) in [6.07, 6.45) is 5.66. The Balaban J connectivity index is 3.64. The summed E-state index contributed by atoms with van der Waals surface area (Å²) in [4.78, 5) is 12.9. The van der Waals surface area contributed by atoms with Gasteiger partial charge in [0, 0.05) is 0 Å². The lowest BCUT2D eigenvalue weighted by Gasteiger charge is -2.20. The summed E-state index contributed by atoms with van der Waals surface area (Å²) < 4.78 is 0. The SMILES string of the molecule is CCCCCCC(C(N)=O)N(C)C.